The van der Waals surface area contributed by atoms with E-state index in [1.54, 1.807) is 24.3 Å². The first-order valence-corrected chi connectivity index (χ1v) is 6.72. The molecule has 2 aromatic rings. The highest BCUT2D eigenvalue weighted by atomic mass is 16.2. The fourth-order valence-electron chi connectivity index (χ4n) is 2.02. The van der Waals surface area contributed by atoms with Crippen LogP contribution in [0.25, 0.3) is 0 Å². The van der Waals surface area contributed by atoms with Crippen LogP contribution in [0.4, 0.5) is 11.4 Å². The molecule has 2 amide bonds. The van der Waals surface area contributed by atoms with Crippen molar-refractivity contribution in [2.75, 3.05) is 10.6 Å². The number of nitrogens with one attached hydrogen (secondary N) is 2. The van der Waals surface area contributed by atoms with Crippen molar-refractivity contribution < 1.29 is 9.59 Å². The van der Waals surface area contributed by atoms with Crippen LogP contribution in [-0.4, -0.2) is 11.8 Å². The lowest BCUT2D eigenvalue weighted by atomic mass is 10.1. The summed E-state index contributed by atoms with van der Waals surface area (Å²) < 4.78 is 0. The summed E-state index contributed by atoms with van der Waals surface area (Å²) >= 11 is 0. The summed E-state index contributed by atoms with van der Waals surface area (Å²) in [5.41, 5.74) is 4.08. The van der Waals surface area contributed by atoms with Crippen LogP contribution in [-0.2, 0) is 4.79 Å². The molecule has 2 rings (SSSR count). The van der Waals surface area contributed by atoms with Gasteiger partial charge in [0.2, 0.25) is 5.91 Å². The molecule has 0 fully saturated rings. The van der Waals surface area contributed by atoms with E-state index >= 15 is 0 Å². The SMILES string of the molecule is CC(=O)Nc1cccc(C(=O)Nc2cccc(C)c2C)c1. The summed E-state index contributed by atoms with van der Waals surface area (Å²) in [6, 6.07) is 12.6. The molecule has 0 atom stereocenters. The van der Waals surface area contributed by atoms with Gasteiger partial charge < -0.3 is 10.6 Å². The molecule has 0 aliphatic carbocycles. The average Bonchev–Trinajstić information content (AvgIpc) is 2.43. The Balaban J connectivity index is 2.20. The van der Waals surface area contributed by atoms with Gasteiger partial charge in [0.25, 0.3) is 5.91 Å². The van der Waals surface area contributed by atoms with E-state index in [-0.39, 0.29) is 11.8 Å². The molecule has 2 aromatic carbocycles. The molecule has 0 aromatic heterocycles. The second-order valence-electron chi connectivity index (χ2n) is 4.96. The molecule has 0 saturated heterocycles. The summed E-state index contributed by atoms with van der Waals surface area (Å²) in [4.78, 5) is 23.3. The molecule has 4 nitrogen and oxygen atoms in total. The maximum atomic E-state index is 12.3. The molecule has 0 radical (unpaired) electrons. The average molecular weight is 282 g/mol. The molecule has 0 aliphatic rings. The largest absolute Gasteiger partial charge is 0.326 e. The van der Waals surface area contributed by atoms with Crippen molar-refractivity contribution in [2.24, 2.45) is 0 Å². The van der Waals surface area contributed by atoms with Gasteiger partial charge in [0.1, 0.15) is 0 Å². The van der Waals surface area contributed by atoms with Crippen molar-refractivity contribution in [3.8, 4) is 0 Å². The summed E-state index contributed by atoms with van der Waals surface area (Å²) in [5.74, 6) is -0.363. The minimum absolute atomic E-state index is 0.165. The van der Waals surface area contributed by atoms with E-state index in [0.29, 0.717) is 11.3 Å². The highest BCUT2D eigenvalue weighted by Crippen LogP contribution is 2.19. The van der Waals surface area contributed by atoms with Crippen molar-refractivity contribution >= 4 is 23.2 Å². The van der Waals surface area contributed by atoms with E-state index in [1.165, 1.54) is 6.92 Å². The third-order valence-corrected chi connectivity index (χ3v) is 3.30. The number of carbonyl (C=O) groups excluding carboxylic acids is 2. The highest BCUT2D eigenvalue weighted by molar-refractivity contribution is 6.05. The number of benzene rings is 2. The van der Waals surface area contributed by atoms with Gasteiger partial charge in [0.05, 0.1) is 0 Å². The van der Waals surface area contributed by atoms with Crippen LogP contribution < -0.4 is 10.6 Å². The number of amides is 2. The molecule has 0 spiro atoms. The van der Waals surface area contributed by atoms with E-state index in [4.69, 9.17) is 0 Å². The van der Waals surface area contributed by atoms with Gasteiger partial charge in [0.15, 0.2) is 0 Å². The summed E-state index contributed by atoms with van der Waals surface area (Å²) in [6.45, 7) is 5.41. The molecule has 4 heteroatoms. The summed E-state index contributed by atoms with van der Waals surface area (Å²) in [5, 5.41) is 5.56. The first-order chi connectivity index (χ1) is 9.97. The van der Waals surface area contributed by atoms with Crippen LogP contribution in [0.5, 0.6) is 0 Å². The maximum Gasteiger partial charge on any atom is 0.255 e. The first-order valence-electron chi connectivity index (χ1n) is 6.72. The molecule has 0 unspecified atom stereocenters. The quantitative estimate of drug-likeness (QED) is 0.905. The van der Waals surface area contributed by atoms with E-state index < -0.39 is 0 Å². The zero-order valence-electron chi connectivity index (χ0n) is 12.4. The molecule has 2 N–H and O–H groups in total. The lowest BCUT2D eigenvalue weighted by Crippen LogP contribution is -2.14. The molecule has 0 heterocycles. The first kappa shape index (κ1) is 14.8. The second-order valence-corrected chi connectivity index (χ2v) is 4.96. The minimum atomic E-state index is -0.198. The van der Waals surface area contributed by atoms with E-state index in [2.05, 4.69) is 10.6 Å². The van der Waals surface area contributed by atoms with Gasteiger partial charge in [-0.15, -0.1) is 0 Å². The van der Waals surface area contributed by atoms with Gasteiger partial charge in [-0.1, -0.05) is 18.2 Å². The Bertz CT molecular complexity index is 693. The highest BCUT2D eigenvalue weighted by Gasteiger charge is 2.09. The Hall–Kier alpha value is -2.62. The van der Waals surface area contributed by atoms with Crippen LogP contribution in [0, 0.1) is 13.8 Å². The number of hydrogen-bond acceptors (Lipinski definition) is 2. The fraction of sp³-hybridized carbons (Fsp3) is 0.176. The van der Waals surface area contributed by atoms with Crippen molar-refractivity contribution in [3.63, 3.8) is 0 Å². The monoisotopic (exact) mass is 282 g/mol. The third kappa shape index (κ3) is 3.69. The van der Waals surface area contributed by atoms with E-state index in [9.17, 15) is 9.59 Å². The lowest BCUT2D eigenvalue weighted by molar-refractivity contribution is -0.114. The van der Waals surface area contributed by atoms with Crippen LogP contribution in [0.15, 0.2) is 42.5 Å². The van der Waals surface area contributed by atoms with Crippen molar-refractivity contribution in [2.45, 2.75) is 20.8 Å². The number of rotatable bonds is 3. The predicted molar refractivity (Wildman–Crippen MR) is 84.6 cm³/mol. The Morgan fingerprint density at radius 2 is 1.67 bits per heavy atom. The molecule has 108 valence electrons. The van der Waals surface area contributed by atoms with Crippen LogP contribution in [0.3, 0.4) is 0 Å². The number of hydrogen-bond donors (Lipinski definition) is 2. The van der Waals surface area contributed by atoms with Crippen molar-refractivity contribution in [1.29, 1.82) is 0 Å². The molecule has 0 bridgehead atoms. The van der Waals surface area contributed by atoms with E-state index in [1.807, 2.05) is 32.0 Å². The fourth-order valence-corrected chi connectivity index (χ4v) is 2.02. The zero-order valence-corrected chi connectivity index (χ0v) is 12.4. The number of aryl methyl sites for hydroxylation is 1. The van der Waals surface area contributed by atoms with Gasteiger partial charge in [-0.3, -0.25) is 9.59 Å². The van der Waals surface area contributed by atoms with Crippen LogP contribution in [0.1, 0.15) is 28.4 Å². The standard InChI is InChI=1S/C17H18N2O2/c1-11-6-4-9-16(12(11)2)19-17(21)14-7-5-8-15(10-14)18-13(3)20/h4-10H,1-3H3,(H,18,20)(H,19,21). The zero-order chi connectivity index (χ0) is 15.4. The van der Waals surface area contributed by atoms with Crippen molar-refractivity contribution in [3.05, 3.63) is 59.2 Å². The second kappa shape index (κ2) is 6.22. The van der Waals surface area contributed by atoms with Crippen molar-refractivity contribution in [1.82, 2.24) is 0 Å². The molecular weight excluding hydrogens is 264 g/mol. The van der Waals surface area contributed by atoms with Crippen LogP contribution >= 0.6 is 0 Å². The smallest absolute Gasteiger partial charge is 0.255 e. The van der Waals surface area contributed by atoms with Gasteiger partial charge in [-0.2, -0.15) is 0 Å². The number of carbonyl (C=O) groups is 2. The molecule has 0 aliphatic heterocycles. The Morgan fingerprint density at radius 3 is 2.38 bits per heavy atom. The molecule has 0 saturated carbocycles. The van der Waals surface area contributed by atoms with Crippen LogP contribution in [0.2, 0.25) is 0 Å². The topological polar surface area (TPSA) is 58.2 Å². The molecule has 21 heavy (non-hydrogen) atoms. The normalized spacial score (nSPS) is 10.0. The van der Waals surface area contributed by atoms with E-state index in [0.717, 1.165) is 16.8 Å². The minimum Gasteiger partial charge on any atom is -0.326 e. The Labute approximate surface area is 124 Å². The van der Waals surface area contributed by atoms with Gasteiger partial charge in [0, 0.05) is 23.9 Å². The summed E-state index contributed by atoms with van der Waals surface area (Å²) in [7, 11) is 0. The Kier molecular flexibility index (Phi) is 4.38. The third-order valence-electron chi connectivity index (χ3n) is 3.30. The van der Waals surface area contributed by atoms with Gasteiger partial charge in [-0.05, 0) is 49.2 Å². The maximum absolute atomic E-state index is 12.3. The van der Waals surface area contributed by atoms with Gasteiger partial charge >= 0.3 is 0 Å². The molecular formula is C17H18N2O2. The Morgan fingerprint density at radius 1 is 0.952 bits per heavy atom. The number of anilines is 2. The lowest BCUT2D eigenvalue weighted by Gasteiger charge is -2.11. The predicted octanol–water partition coefficient (Wildman–Crippen LogP) is 3.51. The van der Waals surface area contributed by atoms with Gasteiger partial charge in [-0.25, -0.2) is 0 Å². The summed E-state index contributed by atoms with van der Waals surface area (Å²) in [6.07, 6.45) is 0.